The van der Waals surface area contributed by atoms with Crippen LogP contribution >= 0.6 is 23.2 Å². The Hall–Kier alpha value is -1.95. The molecule has 0 aliphatic heterocycles. The number of benzene rings is 1. The van der Waals surface area contributed by atoms with Crippen LogP contribution < -0.4 is 11.3 Å². The third-order valence-electron chi connectivity index (χ3n) is 3.06. The second-order valence-corrected chi connectivity index (χ2v) is 5.22. The largest absolute Gasteiger partial charge is 0.324 e. The summed E-state index contributed by atoms with van der Waals surface area (Å²) in [6.07, 6.45) is 1.61. The SMILES string of the molecule is NCc1ncc2cc(-c3c(Cl)cccc3Cl)c(=O)[nH]c2n1. The Kier molecular flexibility index (Phi) is 3.63. The van der Waals surface area contributed by atoms with E-state index >= 15 is 0 Å². The minimum atomic E-state index is -0.320. The number of nitrogens with two attached hydrogens (primary N) is 1. The van der Waals surface area contributed by atoms with Crippen molar-refractivity contribution in [2.45, 2.75) is 6.54 Å². The lowest BCUT2D eigenvalue weighted by molar-refractivity contribution is 0.919. The summed E-state index contributed by atoms with van der Waals surface area (Å²) in [5.74, 6) is 0.460. The molecule has 21 heavy (non-hydrogen) atoms. The van der Waals surface area contributed by atoms with Gasteiger partial charge in [-0.1, -0.05) is 29.3 Å². The summed E-state index contributed by atoms with van der Waals surface area (Å²) in [4.78, 5) is 23.3. The van der Waals surface area contributed by atoms with Gasteiger partial charge in [0.05, 0.1) is 22.2 Å². The molecule has 0 saturated carbocycles. The number of hydrogen-bond donors (Lipinski definition) is 2. The fourth-order valence-corrected chi connectivity index (χ4v) is 2.67. The fraction of sp³-hybridized carbons (Fsp3) is 0.0714. The van der Waals surface area contributed by atoms with Crippen molar-refractivity contribution in [1.29, 1.82) is 0 Å². The standard InChI is InChI=1S/C14H10Cl2N4O/c15-9-2-1-3-10(16)12(9)8-4-7-6-18-11(5-17)19-13(7)20-14(8)21/h1-4,6H,5,17H2,(H,18,19,20,21). The lowest BCUT2D eigenvalue weighted by Gasteiger charge is -2.07. The third-order valence-corrected chi connectivity index (χ3v) is 3.69. The Bertz CT molecular complexity index is 872. The van der Waals surface area contributed by atoms with Gasteiger partial charge < -0.3 is 10.7 Å². The first kappa shape index (κ1) is 14.0. The zero-order valence-electron chi connectivity index (χ0n) is 10.7. The van der Waals surface area contributed by atoms with Gasteiger partial charge in [-0.25, -0.2) is 9.97 Å². The molecule has 0 saturated heterocycles. The zero-order chi connectivity index (χ0) is 15.0. The average molecular weight is 321 g/mol. The highest BCUT2D eigenvalue weighted by Crippen LogP contribution is 2.33. The van der Waals surface area contributed by atoms with Gasteiger partial charge in [0.15, 0.2) is 0 Å². The molecule has 2 heterocycles. The van der Waals surface area contributed by atoms with Crippen LogP contribution in [0.3, 0.4) is 0 Å². The van der Waals surface area contributed by atoms with Gasteiger partial charge in [0, 0.05) is 17.1 Å². The highest BCUT2D eigenvalue weighted by Gasteiger charge is 2.13. The molecule has 0 unspecified atom stereocenters. The van der Waals surface area contributed by atoms with Crippen LogP contribution in [-0.2, 0) is 6.54 Å². The molecule has 106 valence electrons. The summed E-state index contributed by atoms with van der Waals surface area (Å²) < 4.78 is 0. The number of aromatic amines is 1. The van der Waals surface area contributed by atoms with Gasteiger partial charge in [-0.05, 0) is 18.2 Å². The molecule has 3 N–H and O–H groups in total. The van der Waals surface area contributed by atoms with E-state index in [2.05, 4.69) is 15.0 Å². The second kappa shape index (κ2) is 5.44. The van der Waals surface area contributed by atoms with Crippen molar-refractivity contribution in [2.24, 2.45) is 5.73 Å². The van der Waals surface area contributed by atoms with E-state index in [4.69, 9.17) is 28.9 Å². The molecule has 0 atom stereocenters. The molecule has 2 aromatic heterocycles. The number of nitrogens with one attached hydrogen (secondary N) is 1. The van der Waals surface area contributed by atoms with Gasteiger partial charge in [0.2, 0.25) is 0 Å². The van der Waals surface area contributed by atoms with E-state index in [1.165, 1.54) is 0 Å². The minimum Gasteiger partial charge on any atom is -0.324 e. The second-order valence-electron chi connectivity index (χ2n) is 4.40. The number of H-pyrrole nitrogens is 1. The number of rotatable bonds is 2. The van der Waals surface area contributed by atoms with Gasteiger partial charge >= 0.3 is 0 Å². The smallest absolute Gasteiger partial charge is 0.257 e. The van der Waals surface area contributed by atoms with E-state index < -0.39 is 0 Å². The van der Waals surface area contributed by atoms with Crippen LogP contribution in [-0.4, -0.2) is 15.0 Å². The van der Waals surface area contributed by atoms with Crippen LogP contribution in [0.2, 0.25) is 10.0 Å². The Balaban J connectivity index is 2.29. The van der Waals surface area contributed by atoms with E-state index in [-0.39, 0.29) is 12.1 Å². The molecule has 0 fully saturated rings. The summed E-state index contributed by atoms with van der Waals surface area (Å²) in [6.45, 7) is 0.204. The van der Waals surface area contributed by atoms with E-state index in [0.29, 0.717) is 38.0 Å². The molecule has 0 amide bonds. The monoisotopic (exact) mass is 320 g/mol. The molecule has 0 aliphatic rings. The van der Waals surface area contributed by atoms with E-state index in [9.17, 15) is 4.79 Å². The first-order valence-corrected chi connectivity index (χ1v) is 6.89. The van der Waals surface area contributed by atoms with Gasteiger partial charge in [0.25, 0.3) is 5.56 Å². The predicted octanol–water partition coefficient (Wildman–Crippen LogP) is 2.75. The minimum absolute atomic E-state index is 0.204. The number of pyridine rings is 1. The summed E-state index contributed by atoms with van der Waals surface area (Å²) >= 11 is 12.3. The Morgan fingerprint density at radius 1 is 1.24 bits per heavy atom. The maximum atomic E-state index is 12.3. The molecule has 0 spiro atoms. The van der Waals surface area contributed by atoms with Gasteiger partial charge in [-0.2, -0.15) is 0 Å². The van der Waals surface area contributed by atoms with Crippen LogP contribution in [0.5, 0.6) is 0 Å². The molecule has 3 rings (SSSR count). The van der Waals surface area contributed by atoms with Crippen LogP contribution in [0.15, 0.2) is 35.3 Å². The van der Waals surface area contributed by atoms with Crippen molar-refractivity contribution in [3.8, 4) is 11.1 Å². The Morgan fingerprint density at radius 2 is 1.95 bits per heavy atom. The number of aromatic nitrogens is 3. The molecular formula is C14H10Cl2N4O. The summed E-state index contributed by atoms with van der Waals surface area (Å²) in [6, 6.07) is 6.75. The molecule has 1 aromatic carbocycles. The van der Waals surface area contributed by atoms with Crippen molar-refractivity contribution in [3.05, 3.63) is 56.7 Å². The first-order valence-electron chi connectivity index (χ1n) is 6.13. The van der Waals surface area contributed by atoms with Crippen LogP contribution in [0, 0.1) is 0 Å². The van der Waals surface area contributed by atoms with E-state index in [0.717, 1.165) is 0 Å². The number of fused-ring (bicyclic) bond motifs is 1. The van der Waals surface area contributed by atoms with Crippen molar-refractivity contribution >= 4 is 34.2 Å². The normalized spacial score (nSPS) is 11.0. The highest BCUT2D eigenvalue weighted by molar-refractivity contribution is 6.39. The van der Waals surface area contributed by atoms with E-state index in [1.54, 1.807) is 30.5 Å². The number of nitrogens with zero attached hydrogens (tertiary/aromatic N) is 2. The fourth-order valence-electron chi connectivity index (χ4n) is 2.07. The molecule has 3 aromatic rings. The van der Waals surface area contributed by atoms with Crippen molar-refractivity contribution in [1.82, 2.24) is 15.0 Å². The zero-order valence-corrected chi connectivity index (χ0v) is 12.2. The Morgan fingerprint density at radius 3 is 2.62 bits per heavy atom. The lowest BCUT2D eigenvalue weighted by atomic mass is 10.1. The molecular weight excluding hydrogens is 311 g/mol. The molecule has 0 bridgehead atoms. The third kappa shape index (κ3) is 2.51. The maximum Gasteiger partial charge on any atom is 0.257 e. The topological polar surface area (TPSA) is 84.7 Å². The number of hydrogen-bond acceptors (Lipinski definition) is 4. The molecule has 0 radical (unpaired) electrons. The summed E-state index contributed by atoms with van der Waals surface area (Å²) in [5, 5.41) is 1.50. The molecule has 7 heteroatoms. The van der Waals surface area contributed by atoms with Gasteiger partial charge in [-0.3, -0.25) is 4.79 Å². The van der Waals surface area contributed by atoms with E-state index in [1.807, 2.05) is 0 Å². The van der Waals surface area contributed by atoms with Crippen molar-refractivity contribution in [3.63, 3.8) is 0 Å². The quantitative estimate of drug-likeness (QED) is 0.760. The van der Waals surface area contributed by atoms with Crippen LogP contribution in [0.25, 0.3) is 22.2 Å². The maximum absolute atomic E-state index is 12.3. The lowest BCUT2D eigenvalue weighted by Crippen LogP contribution is -2.12. The van der Waals surface area contributed by atoms with Crippen molar-refractivity contribution in [2.75, 3.05) is 0 Å². The molecule has 5 nitrogen and oxygen atoms in total. The highest BCUT2D eigenvalue weighted by atomic mass is 35.5. The average Bonchev–Trinajstić information content (AvgIpc) is 2.47. The summed E-state index contributed by atoms with van der Waals surface area (Å²) in [5.41, 5.74) is 6.47. The predicted molar refractivity (Wildman–Crippen MR) is 83.5 cm³/mol. The van der Waals surface area contributed by atoms with Gasteiger partial charge in [0.1, 0.15) is 11.5 Å². The van der Waals surface area contributed by atoms with Gasteiger partial charge in [-0.15, -0.1) is 0 Å². The molecule has 0 aliphatic carbocycles. The van der Waals surface area contributed by atoms with Crippen molar-refractivity contribution < 1.29 is 0 Å². The van der Waals surface area contributed by atoms with Crippen LogP contribution in [0.4, 0.5) is 0 Å². The first-order chi connectivity index (χ1) is 10.1. The van der Waals surface area contributed by atoms with Crippen LogP contribution in [0.1, 0.15) is 5.82 Å². The summed E-state index contributed by atoms with van der Waals surface area (Å²) in [7, 11) is 0. The number of halogens is 2. The Labute approximate surface area is 129 Å².